The molecule has 164 valence electrons. The van der Waals surface area contributed by atoms with E-state index in [4.69, 9.17) is 4.42 Å². The molecular formula is C24H20F3N3O2. The van der Waals surface area contributed by atoms with E-state index in [1.807, 2.05) is 32.0 Å². The van der Waals surface area contributed by atoms with E-state index in [1.165, 1.54) is 23.1 Å². The monoisotopic (exact) mass is 439 g/mol. The molecule has 8 heteroatoms. The molecule has 5 nitrogen and oxygen atoms in total. The number of nitrogens with zero attached hydrogens (tertiary/aromatic N) is 2. The van der Waals surface area contributed by atoms with Crippen LogP contribution in [0, 0.1) is 13.8 Å². The van der Waals surface area contributed by atoms with Crippen molar-refractivity contribution in [3.05, 3.63) is 94.9 Å². The summed E-state index contributed by atoms with van der Waals surface area (Å²) in [5.74, 6) is 0.0367. The van der Waals surface area contributed by atoms with Crippen LogP contribution in [0.3, 0.4) is 0 Å². The van der Waals surface area contributed by atoms with Crippen LogP contribution in [0.25, 0.3) is 17.1 Å². The van der Waals surface area contributed by atoms with Crippen LogP contribution >= 0.6 is 0 Å². The molecule has 0 fully saturated rings. The van der Waals surface area contributed by atoms with Gasteiger partial charge in [-0.1, -0.05) is 24.3 Å². The summed E-state index contributed by atoms with van der Waals surface area (Å²) in [6.07, 6.45) is -2.93. The van der Waals surface area contributed by atoms with Crippen molar-refractivity contribution in [3.8, 4) is 17.1 Å². The quantitative estimate of drug-likeness (QED) is 0.434. The summed E-state index contributed by atoms with van der Waals surface area (Å²) in [6.45, 7) is 3.79. The van der Waals surface area contributed by atoms with Gasteiger partial charge in [-0.25, -0.2) is 4.68 Å². The summed E-state index contributed by atoms with van der Waals surface area (Å²) in [5.41, 5.74) is 2.94. The molecule has 0 bridgehead atoms. The van der Waals surface area contributed by atoms with Crippen LogP contribution in [0.15, 0.2) is 71.3 Å². The number of carbonyl (C=O) groups is 1. The zero-order valence-electron chi connectivity index (χ0n) is 17.4. The molecule has 0 aliphatic heterocycles. The van der Waals surface area contributed by atoms with Crippen molar-refractivity contribution in [3.63, 3.8) is 0 Å². The van der Waals surface area contributed by atoms with E-state index < -0.39 is 17.6 Å². The Balaban J connectivity index is 1.66. The smallest absolute Gasteiger partial charge is 0.416 e. The van der Waals surface area contributed by atoms with Crippen molar-refractivity contribution in [1.82, 2.24) is 15.1 Å². The summed E-state index contributed by atoms with van der Waals surface area (Å²) < 4.78 is 45.9. The van der Waals surface area contributed by atoms with E-state index in [2.05, 4.69) is 10.4 Å². The molecule has 0 saturated heterocycles. The van der Waals surface area contributed by atoms with Gasteiger partial charge in [0.25, 0.3) is 5.91 Å². The topological polar surface area (TPSA) is 60.1 Å². The Labute approximate surface area is 182 Å². The summed E-state index contributed by atoms with van der Waals surface area (Å²) in [6, 6.07) is 15.7. The number of rotatable bonds is 5. The van der Waals surface area contributed by atoms with Crippen LogP contribution in [0.1, 0.15) is 32.7 Å². The predicted molar refractivity (Wildman–Crippen MR) is 113 cm³/mol. The number of furan rings is 1. The number of aryl methyl sites for hydroxylation is 2. The van der Waals surface area contributed by atoms with Crippen LogP contribution in [0.5, 0.6) is 0 Å². The van der Waals surface area contributed by atoms with Gasteiger partial charge in [0, 0.05) is 12.6 Å². The number of alkyl halides is 3. The zero-order chi connectivity index (χ0) is 22.9. The van der Waals surface area contributed by atoms with Gasteiger partial charge in [-0.3, -0.25) is 4.79 Å². The first-order valence-corrected chi connectivity index (χ1v) is 9.88. The second-order valence-electron chi connectivity index (χ2n) is 7.47. The highest BCUT2D eigenvalue weighted by atomic mass is 19.4. The second kappa shape index (κ2) is 8.37. The largest absolute Gasteiger partial charge is 0.463 e. The van der Waals surface area contributed by atoms with Crippen molar-refractivity contribution >= 4 is 5.91 Å². The van der Waals surface area contributed by atoms with Crippen LogP contribution in [-0.4, -0.2) is 15.7 Å². The first-order valence-electron chi connectivity index (χ1n) is 9.88. The van der Waals surface area contributed by atoms with Gasteiger partial charge in [0.1, 0.15) is 11.4 Å². The summed E-state index contributed by atoms with van der Waals surface area (Å²) in [4.78, 5) is 13.0. The molecule has 0 aliphatic carbocycles. The predicted octanol–water partition coefficient (Wildman–Crippen LogP) is 5.70. The average molecular weight is 439 g/mol. The third-order valence-corrected chi connectivity index (χ3v) is 5.02. The molecule has 4 rings (SSSR count). The molecule has 0 spiro atoms. The lowest BCUT2D eigenvalue weighted by atomic mass is 10.1. The van der Waals surface area contributed by atoms with Crippen molar-refractivity contribution in [2.75, 3.05) is 0 Å². The number of aromatic nitrogens is 2. The maximum atomic E-state index is 13.0. The lowest BCUT2D eigenvalue weighted by Crippen LogP contribution is -2.25. The first kappa shape index (κ1) is 21.4. The molecule has 0 saturated carbocycles. The zero-order valence-corrected chi connectivity index (χ0v) is 17.4. The van der Waals surface area contributed by atoms with Crippen LogP contribution in [0.2, 0.25) is 0 Å². The summed E-state index contributed by atoms with van der Waals surface area (Å²) in [7, 11) is 0. The molecular weight excluding hydrogens is 419 g/mol. The number of halogens is 3. The fourth-order valence-corrected chi connectivity index (χ4v) is 3.35. The Morgan fingerprint density at radius 3 is 2.59 bits per heavy atom. The van der Waals surface area contributed by atoms with E-state index >= 15 is 0 Å². The lowest BCUT2D eigenvalue weighted by molar-refractivity contribution is -0.137. The van der Waals surface area contributed by atoms with Gasteiger partial charge in [0.15, 0.2) is 5.76 Å². The maximum absolute atomic E-state index is 13.0. The highest BCUT2D eigenvalue weighted by Crippen LogP contribution is 2.29. The van der Waals surface area contributed by atoms with Crippen molar-refractivity contribution in [2.45, 2.75) is 26.6 Å². The van der Waals surface area contributed by atoms with Crippen molar-refractivity contribution in [1.29, 1.82) is 0 Å². The third-order valence-electron chi connectivity index (χ3n) is 5.02. The van der Waals surface area contributed by atoms with Gasteiger partial charge in [0.2, 0.25) is 0 Å². The fourth-order valence-electron chi connectivity index (χ4n) is 3.35. The SMILES string of the molecule is Cc1ccc(C)c(-n2nc(-c3ccco3)cc2C(=O)NCc2cccc(C(F)(F)F)c2)c1. The molecule has 1 N–H and O–H groups in total. The Bertz CT molecular complexity index is 1260. The van der Waals surface area contributed by atoms with Gasteiger partial charge < -0.3 is 9.73 Å². The molecule has 4 aromatic rings. The number of benzene rings is 2. The molecule has 32 heavy (non-hydrogen) atoms. The van der Waals surface area contributed by atoms with Crippen molar-refractivity contribution in [2.24, 2.45) is 0 Å². The van der Waals surface area contributed by atoms with Gasteiger partial charge in [-0.15, -0.1) is 0 Å². The number of amides is 1. The molecule has 2 aromatic carbocycles. The number of hydrogen-bond acceptors (Lipinski definition) is 3. The van der Waals surface area contributed by atoms with E-state index in [0.717, 1.165) is 28.9 Å². The minimum Gasteiger partial charge on any atom is -0.463 e. The number of hydrogen-bond donors (Lipinski definition) is 1. The molecule has 0 radical (unpaired) electrons. The van der Waals surface area contributed by atoms with Crippen LogP contribution < -0.4 is 5.32 Å². The van der Waals surface area contributed by atoms with Gasteiger partial charge in [-0.05, 0) is 60.9 Å². The third kappa shape index (κ3) is 4.44. The normalized spacial score (nSPS) is 11.5. The van der Waals surface area contributed by atoms with Crippen molar-refractivity contribution < 1.29 is 22.4 Å². The maximum Gasteiger partial charge on any atom is 0.416 e. The van der Waals surface area contributed by atoms with Gasteiger partial charge in [0.05, 0.1) is 17.5 Å². The number of carbonyl (C=O) groups excluding carboxylic acids is 1. The fraction of sp³-hybridized carbons (Fsp3) is 0.167. The minimum atomic E-state index is -4.45. The van der Waals surface area contributed by atoms with Crippen LogP contribution in [-0.2, 0) is 12.7 Å². The summed E-state index contributed by atoms with van der Waals surface area (Å²) in [5, 5.41) is 7.26. The minimum absolute atomic E-state index is 0.0587. The number of nitrogens with one attached hydrogen (secondary N) is 1. The highest BCUT2D eigenvalue weighted by molar-refractivity contribution is 5.94. The first-order chi connectivity index (χ1) is 15.2. The van der Waals surface area contributed by atoms with E-state index in [-0.39, 0.29) is 12.2 Å². The van der Waals surface area contributed by atoms with Crippen LogP contribution in [0.4, 0.5) is 13.2 Å². The molecule has 0 aliphatic rings. The van der Waals surface area contributed by atoms with E-state index in [9.17, 15) is 18.0 Å². The van der Waals surface area contributed by atoms with Gasteiger partial charge in [-0.2, -0.15) is 18.3 Å². The second-order valence-corrected chi connectivity index (χ2v) is 7.47. The van der Waals surface area contributed by atoms with E-state index in [1.54, 1.807) is 18.2 Å². The highest BCUT2D eigenvalue weighted by Gasteiger charge is 2.30. The van der Waals surface area contributed by atoms with Gasteiger partial charge >= 0.3 is 6.18 Å². The Kier molecular flexibility index (Phi) is 5.61. The van der Waals surface area contributed by atoms with E-state index in [0.29, 0.717) is 17.0 Å². The lowest BCUT2D eigenvalue weighted by Gasteiger charge is -2.12. The molecule has 0 unspecified atom stereocenters. The Morgan fingerprint density at radius 1 is 1.06 bits per heavy atom. The Morgan fingerprint density at radius 2 is 1.88 bits per heavy atom. The molecule has 2 aromatic heterocycles. The Hall–Kier alpha value is -3.81. The summed E-state index contributed by atoms with van der Waals surface area (Å²) >= 11 is 0. The average Bonchev–Trinajstić information content (AvgIpc) is 3.43. The molecule has 1 amide bonds. The molecule has 0 atom stereocenters. The molecule has 2 heterocycles. The standard InChI is InChI=1S/C24H20F3N3O2/c1-15-8-9-16(2)20(11-15)30-21(13-19(29-30)22-7-4-10-32-22)23(31)28-14-17-5-3-6-18(12-17)24(25,26)27/h3-13H,14H2,1-2H3,(H,28,31).